The van der Waals surface area contributed by atoms with E-state index >= 15 is 0 Å². The van der Waals surface area contributed by atoms with E-state index in [-0.39, 0.29) is 30.9 Å². The van der Waals surface area contributed by atoms with Crippen LogP contribution in [0.25, 0.3) is 0 Å². The molecule has 6 N–H and O–H groups in total. The lowest BCUT2D eigenvalue weighted by atomic mass is 10.0. The van der Waals surface area contributed by atoms with Crippen LogP contribution in [0.3, 0.4) is 0 Å². The van der Waals surface area contributed by atoms with Crippen molar-refractivity contribution in [3.8, 4) is 0 Å². The number of rotatable bonds is 15. The minimum absolute atomic E-state index is 0.215. The zero-order valence-electron chi connectivity index (χ0n) is 35.6. The topological polar surface area (TPSA) is 195 Å². The van der Waals surface area contributed by atoms with Crippen molar-refractivity contribution in [3.05, 3.63) is 71.8 Å². The van der Waals surface area contributed by atoms with Crippen LogP contribution in [0, 0.1) is 0 Å². The number of carbonyl (C=O) groups excluding carboxylic acids is 3. The number of piperidine rings is 3. The first-order chi connectivity index (χ1) is 28.7. The number of ether oxygens (including phenoxy) is 6. The summed E-state index contributed by atoms with van der Waals surface area (Å²) in [6.45, 7) is 10.4. The van der Waals surface area contributed by atoms with Gasteiger partial charge in [-0.2, -0.15) is 0 Å². The summed E-state index contributed by atoms with van der Waals surface area (Å²) in [6, 6.07) is 22.0. The van der Waals surface area contributed by atoms with E-state index in [1.807, 2.05) is 6.07 Å². The van der Waals surface area contributed by atoms with E-state index in [1.165, 1.54) is 18.2 Å². The van der Waals surface area contributed by atoms with Crippen LogP contribution >= 0.6 is 11.6 Å². The second-order valence-corrected chi connectivity index (χ2v) is 14.1. The number of hydrogen-bond acceptors (Lipinski definition) is 14. The minimum Gasteiger partial charge on any atom is -0.451 e. The summed E-state index contributed by atoms with van der Waals surface area (Å²) < 4.78 is 28.4. The highest BCUT2D eigenvalue weighted by Crippen LogP contribution is 2.14. The highest BCUT2D eigenvalue weighted by Gasteiger charge is 2.21. The number of likely N-dealkylation sites (tertiary alicyclic amines) is 2. The first-order valence-electron chi connectivity index (χ1n) is 20.3. The van der Waals surface area contributed by atoms with Crippen molar-refractivity contribution in [2.24, 2.45) is 5.73 Å². The standard InChI is InChI=1S/C16H24N2O3.C12H18N2.C9H18N2O3.C4H7ClO3.CH4O/c1-20-11-12-21-16(19)17-15-7-9-18(10-8-15)13-14-5-3-2-4-6-14;13-12-6-8-14(9-7-12)10-11-4-2-1-3-5-11;1-13-6-7-14-9(12)11-8-2-4-10-5-3-8;1-7-2-3-8-4(5)6;1-2/h2-6,15H,7-13H2,1H3,(H,17,19);1-5,12H,6-10,13H2;8,10H,2-7H2,1H3,(H,11,12);2-3H2,1H3;2H,1H3. The Hall–Kier alpha value is -3.58. The summed E-state index contributed by atoms with van der Waals surface area (Å²) in [4.78, 5) is 37.4. The first kappa shape index (κ1) is 53.4. The Balaban J connectivity index is 0.000000407. The number of hydrogen-bond donors (Lipinski definition) is 5. The number of halogens is 1. The Bertz CT molecular complexity index is 1300. The molecule has 0 radical (unpaired) electrons. The van der Waals surface area contributed by atoms with Gasteiger partial charge in [-0.15, -0.1) is 0 Å². The van der Waals surface area contributed by atoms with Crippen LogP contribution in [0.4, 0.5) is 14.4 Å². The molecule has 2 amide bonds. The SMILES string of the molecule is CO.COCCOC(=O)Cl.COCCOC(=O)NC1CCN(Cc2ccccc2)CC1.COCCOC(=O)NC1CCNCC1.NC1CCN(Cc2ccccc2)CC1. The molecule has 16 nitrogen and oxygen atoms in total. The third kappa shape index (κ3) is 29.3. The maximum atomic E-state index is 11.6. The number of aliphatic hydroxyl groups is 1. The van der Waals surface area contributed by atoms with Gasteiger partial charge in [-0.1, -0.05) is 60.7 Å². The van der Waals surface area contributed by atoms with Gasteiger partial charge in [-0.3, -0.25) is 9.80 Å². The second-order valence-electron chi connectivity index (χ2n) is 13.8. The van der Waals surface area contributed by atoms with Crippen LogP contribution in [-0.4, -0.2) is 158 Å². The van der Waals surface area contributed by atoms with Gasteiger partial charge in [-0.05, 0) is 75.8 Å². The average molecular weight is 856 g/mol. The normalized spacial score (nSPS) is 16.1. The van der Waals surface area contributed by atoms with Crippen molar-refractivity contribution in [2.45, 2.75) is 69.7 Å². The molecule has 17 heteroatoms. The lowest BCUT2D eigenvalue weighted by Crippen LogP contribution is -2.44. The van der Waals surface area contributed by atoms with Crippen molar-refractivity contribution in [1.29, 1.82) is 0 Å². The molecule has 3 fully saturated rings. The van der Waals surface area contributed by atoms with Crippen LogP contribution in [0.15, 0.2) is 60.7 Å². The molecule has 59 heavy (non-hydrogen) atoms. The van der Waals surface area contributed by atoms with Gasteiger partial charge in [0, 0.05) is 84.3 Å². The second kappa shape index (κ2) is 36.3. The monoisotopic (exact) mass is 854 g/mol. The van der Waals surface area contributed by atoms with E-state index in [9.17, 15) is 14.4 Å². The molecule has 0 aromatic heterocycles. The van der Waals surface area contributed by atoms with E-state index in [4.69, 9.17) is 41.4 Å². The van der Waals surface area contributed by atoms with Crippen LogP contribution in [0.1, 0.15) is 49.7 Å². The number of nitrogens with two attached hydrogens (primary N) is 1. The molecular formula is C42H71ClN6O10. The minimum atomic E-state index is -0.790. The van der Waals surface area contributed by atoms with Crippen molar-refractivity contribution in [2.75, 3.05) is 107 Å². The fraction of sp³-hybridized carbons (Fsp3) is 0.643. The summed E-state index contributed by atoms with van der Waals surface area (Å²) in [5.41, 5.74) is 7.82. The van der Waals surface area contributed by atoms with Gasteiger partial charge < -0.3 is 55.2 Å². The number of carbonyl (C=O) groups is 3. The summed E-state index contributed by atoms with van der Waals surface area (Å²) in [7, 11) is 5.68. The lowest BCUT2D eigenvalue weighted by molar-refractivity contribution is 0.0926. The van der Waals surface area contributed by atoms with Gasteiger partial charge in [-0.25, -0.2) is 14.4 Å². The third-order valence-corrected chi connectivity index (χ3v) is 9.35. The van der Waals surface area contributed by atoms with Crippen LogP contribution in [0.2, 0.25) is 0 Å². The molecule has 3 heterocycles. The van der Waals surface area contributed by atoms with Crippen molar-refractivity contribution in [1.82, 2.24) is 25.8 Å². The van der Waals surface area contributed by atoms with E-state index < -0.39 is 5.43 Å². The van der Waals surface area contributed by atoms with Crippen LogP contribution in [0.5, 0.6) is 0 Å². The van der Waals surface area contributed by atoms with Gasteiger partial charge in [0.05, 0.1) is 19.8 Å². The van der Waals surface area contributed by atoms with E-state index in [2.05, 4.69) is 89.8 Å². The van der Waals surface area contributed by atoms with Crippen LogP contribution < -0.4 is 21.7 Å². The molecule has 0 spiro atoms. The van der Waals surface area contributed by atoms with Gasteiger partial charge in [0.15, 0.2) is 0 Å². The number of benzene rings is 2. The van der Waals surface area contributed by atoms with E-state index in [1.54, 1.807) is 14.2 Å². The lowest BCUT2D eigenvalue weighted by Gasteiger charge is -2.32. The van der Waals surface area contributed by atoms with Crippen molar-refractivity contribution >= 4 is 29.2 Å². The zero-order chi connectivity index (χ0) is 43.4. The summed E-state index contributed by atoms with van der Waals surface area (Å²) in [5, 5.41) is 16.0. The quantitative estimate of drug-likeness (QED) is 0.0964. The summed E-state index contributed by atoms with van der Waals surface area (Å²) in [5.74, 6) is 0. The molecule has 0 atom stereocenters. The molecule has 2 aromatic carbocycles. The molecular weight excluding hydrogens is 784 g/mol. The van der Waals surface area contributed by atoms with Crippen molar-refractivity contribution < 1.29 is 47.9 Å². The van der Waals surface area contributed by atoms with Gasteiger partial charge in [0.25, 0.3) is 0 Å². The molecule has 3 aliphatic heterocycles. The Labute approximate surface area is 356 Å². The van der Waals surface area contributed by atoms with Crippen molar-refractivity contribution in [3.63, 3.8) is 0 Å². The molecule has 2 aromatic rings. The Kier molecular flexibility index (Phi) is 32.9. The van der Waals surface area contributed by atoms with Gasteiger partial charge in [0.1, 0.15) is 19.8 Å². The fourth-order valence-electron chi connectivity index (χ4n) is 6.05. The first-order valence-corrected chi connectivity index (χ1v) is 20.7. The number of alkyl carbamates (subject to hydrolysis) is 2. The predicted molar refractivity (Wildman–Crippen MR) is 230 cm³/mol. The molecule has 0 saturated carbocycles. The molecule has 5 rings (SSSR count). The maximum absolute atomic E-state index is 11.6. The Morgan fingerprint density at radius 3 is 1.39 bits per heavy atom. The number of amides is 2. The number of methoxy groups -OCH3 is 3. The third-order valence-electron chi connectivity index (χ3n) is 9.25. The molecule has 0 unspecified atom stereocenters. The maximum Gasteiger partial charge on any atom is 0.407 e. The molecule has 0 bridgehead atoms. The largest absolute Gasteiger partial charge is 0.451 e. The summed E-state index contributed by atoms with van der Waals surface area (Å²) >= 11 is 4.80. The van der Waals surface area contributed by atoms with Crippen LogP contribution in [-0.2, 0) is 41.5 Å². The highest BCUT2D eigenvalue weighted by molar-refractivity contribution is 6.61. The van der Waals surface area contributed by atoms with Gasteiger partial charge >= 0.3 is 17.6 Å². The predicted octanol–water partition coefficient (Wildman–Crippen LogP) is 4.36. The zero-order valence-corrected chi connectivity index (χ0v) is 36.4. The fourth-order valence-corrected chi connectivity index (χ4v) is 6.13. The average Bonchev–Trinajstić information content (AvgIpc) is 3.25. The molecule has 3 aliphatic rings. The molecule has 3 saturated heterocycles. The highest BCUT2D eigenvalue weighted by atomic mass is 35.5. The number of nitrogens with zero attached hydrogens (tertiary/aromatic N) is 2. The van der Waals surface area contributed by atoms with Gasteiger partial charge in [0.2, 0.25) is 0 Å². The number of aliphatic hydroxyl groups excluding tert-OH is 1. The summed E-state index contributed by atoms with van der Waals surface area (Å²) in [6.07, 6.45) is 5.49. The van der Waals surface area contributed by atoms with E-state index in [0.717, 1.165) is 98.0 Å². The number of nitrogens with one attached hydrogen (secondary N) is 3. The molecule has 336 valence electrons. The smallest absolute Gasteiger partial charge is 0.407 e. The Morgan fingerprint density at radius 1 is 0.627 bits per heavy atom. The molecule has 0 aliphatic carbocycles. The Morgan fingerprint density at radius 2 is 1.00 bits per heavy atom. The van der Waals surface area contributed by atoms with E-state index in [0.29, 0.717) is 39.1 Å².